The molecule has 0 saturated carbocycles. The molecule has 2 aliphatic heterocycles. The van der Waals surface area contributed by atoms with Crippen molar-refractivity contribution in [3.63, 3.8) is 0 Å². The molecule has 7 nitrogen and oxygen atoms in total. The standard InChI is InChI=1S/C26H31N3O4/c1-4-28(5-2)13-6-14-29-23(18-9-11-27-12-10-18)22(25(31)26(29)32)24(30)19-7-8-21-20(16-19)15-17(3)33-21/h7-12,16-17,23,30H,4-6,13-15H2,1-3H3/t17-,23+/m1/s1. The number of likely N-dealkylation sites (tertiary alicyclic amines) is 1. The van der Waals surface area contributed by atoms with E-state index >= 15 is 0 Å². The zero-order chi connectivity index (χ0) is 23.5. The van der Waals surface area contributed by atoms with Crippen molar-refractivity contribution in [2.24, 2.45) is 0 Å². The number of aliphatic hydroxyl groups is 1. The van der Waals surface area contributed by atoms with E-state index in [1.54, 1.807) is 35.5 Å². The monoisotopic (exact) mass is 449 g/mol. The van der Waals surface area contributed by atoms with Gasteiger partial charge in [0, 0.05) is 30.9 Å². The van der Waals surface area contributed by atoms with Gasteiger partial charge in [0.05, 0.1) is 11.6 Å². The Kier molecular flexibility index (Phi) is 6.79. The summed E-state index contributed by atoms with van der Waals surface area (Å²) in [5, 5.41) is 11.3. The molecule has 1 fully saturated rings. The maximum absolute atomic E-state index is 13.1. The molecule has 3 heterocycles. The maximum Gasteiger partial charge on any atom is 0.295 e. The molecule has 174 valence electrons. The van der Waals surface area contributed by atoms with Gasteiger partial charge in [0.25, 0.3) is 11.7 Å². The number of amides is 1. The molecule has 1 amide bonds. The topological polar surface area (TPSA) is 83.0 Å². The van der Waals surface area contributed by atoms with E-state index < -0.39 is 17.7 Å². The number of ether oxygens (including phenoxy) is 1. The van der Waals surface area contributed by atoms with E-state index in [0.29, 0.717) is 12.1 Å². The molecule has 2 atom stereocenters. The molecule has 1 saturated heterocycles. The smallest absolute Gasteiger partial charge is 0.295 e. The van der Waals surface area contributed by atoms with Crippen molar-refractivity contribution < 1.29 is 19.4 Å². The van der Waals surface area contributed by atoms with Gasteiger partial charge in [-0.05, 0) is 74.4 Å². The number of aliphatic hydroxyl groups excluding tert-OH is 1. The van der Waals surface area contributed by atoms with Crippen LogP contribution in [0.5, 0.6) is 5.75 Å². The molecule has 1 aromatic carbocycles. The second-order valence-electron chi connectivity index (χ2n) is 8.61. The van der Waals surface area contributed by atoms with Gasteiger partial charge < -0.3 is 19.6 Å². The molecule has 1 aromatic heterocycles. The highest BCUT2D eigenvalue weighted by atomic mass is 16.5. The normalized spacial score (nSPS) is 21.5. The van der Waals surface area contributed by atoms with Crippen LogP contribution in [0.2, 0.25) is 0 Å². The van der Waals surface area contributed by atoms with Crippen LogP contribution >= 0.6 is 0 Å². The van der Waals surface area contributed by atoms with E-state index in [9.17, 15) is 14.7 Å². The minimum Gasteiger partial charge on any atom is -0.507 e. The molecular weight excluding hydrogens is 418 g/mol. The molecule has 4 rings (SSSR count). The predicted molar refractivity (Wildman–Crippen MR) is 126 cm³/mol. The molecule has 0 radical (unpaired) electrons. The summed E-state index contributed by atoms with van der Waals surface area (Å²) in [6.45, 7) is 9.34. The number of hydrogen-bond acceptors (Lipinski definition) is 6. The van der Waals surface area contributed by atoms with Gasteiger partial charge in [-0.3, -0.25) is 14.6 Å². The summed E-state index contributed by atoms with van der Waals surface area (Å²) in [4.78, 5) is 34.2. The summed E-state index contributed by atoms with van der Waals surface area (Å²) in [6, 6.07) is 8.34. The molecule has 33 heavy (non-hydrogen) atoms. The molecule has 0 unspecified atom stereocenters. The highest BCUT2D eigenvalue weighted by Gasteiger charge is 2.45. The van der Waals surface area contributed by atoms with Crippen molar-refractivity contribution in [2.45, 2.75) is 45.8 Å². The van der Waals surface area contributed by atoms with Crippen molar-refractivity contribution >= 4 is 17.4 Å². The van der Waals surface area contributed by atoms with Gasteiger partial charge in [0.15, 0.2) is 0 Å². The minimum atomic E-state index is -0.651. The maximum atomic E-state index is 13.1. The van der Waals surface area contributed by atoms with Gasteiger partial charge >= 0.3 is 0 Å². The fourth-order valence-corrected chi connectivity index (χ4v) is 4.73. The van der Waals surface area contributed by atoms with Gasteiger partial charge in [0.2, 0.25) is 0 Å². The fourth-order valence-electron chi connectivity index (χ4n) is 4.73. The number of carbonyl (C=O) groups excluding carboxylic acids is 2. The Morgan fingerprint density at radius 3 is 2.61 bits per heavy atom. The van der Waals surface area contributed by atoms with Gasteiger partial charge in [-0.2, -0.15) is 0 Å². The largest absolute Gasteiger partial charge is 0.507 e. The van der Waals surface area contributed by atoms with E-state index in [0.717, 1.165) is 49.4 Å². The van der Waals surface area contributed by atoms with Crippen LogP contribution in [0.1, 0.15) is 49.9 Å². The first-order valence-electron chi connectivity index (χ1n) is 11.6. The van der Waals surface area contributed by atoms with Gasteiger partial charge in [-0.1, -0.05) is 13.8 Å². The summed E-state index contributed by atoms with van der Waals surface area (Å²) in [5.41, 5.74) is 2.39. The van der Waals surface area contributed by atoms with Crippen LogP contribution < -0.4 is 4.74 Å². The summed E-state index contributed by atoms with van der Waals surface area (Å²) in [6.07, 6.45) is 4.83. The lowest BCUT2D eigenvalue weighted by Crippen LogP contribution is -2.33. The highest BCUT2D eigenvalue weighted by Crippen LogP contribution is 2.40. The number of rotatable bonds is 8. The first-order chi connectivity index (χ1) is 15.9. The fraction of sp³-hybridized carbons (Fsp3) is 0.423. The summed E-state index contributed by atoms with van der Waals surface area (Å²) in [5.74, 6) is -0.580. The number of benzene rings is 1. The Morgan fingerprint density at radius 1 is 1.18 bits per heavy atom. The Morgan fingerprint density at radius 2 is 1.91 bits per heavy atom. The Labute approximate surface area is 194 Å². The lowest BCUT2D eigenvalue weighted by atomic mass is 9.95. The van der Waals surface area contributed by atoms with Gasteiger partial charge in [-0.15, -0.1) is 0 Å². The number of pyridine rings is 1. The lowest BCUT2D eigenvalue weighted by molar-refractivity contribution is -0.140. The number of aromatic nitrogens is 1. The van der Waals surface area contributed by atoms with Crippen LogP contribution in [0.3, 0.4) is 0 Å². The molecule has 1 N–H and O–H groups in total. The van der Waals surface area contributed by atoms with Gasteiger partial charge in [0.1, 0.15) is 17.6 Å². The third kappa shape index (κ3) is 4.50. The SMILES string of the molecule is CCN(CC)CCCN1C(=O)C(=O)C(=C(O)c2ccc3c(c2)C[C@@H](C)O3)[C@@H]1c1ccncc1. The van der Waals surface area contributed by atoms with E-state index in [2.05, 4.69) is 23.7 Å². The zero-order valence-electron chi connectivity index (χ0n) is 19.5. The third-order valence-electron chi connectivity index (χ3n) is 6.50. The molecule has 0 spiro atoms. The lowest BCUT2D eigenvalue weighted by Gasteiger charge is -2.26. The number of Topliss-reactive ketones (excluding diaryl/α,β-unsaturated/α-hetero) is 1. The van der Waals surface area contributed by atoms with Crippen LogP contribution in [0.15, 0.2) is 48.3 Å². The third-order valence-corrected chi connectivity index (χ3v) is 6.50. The average molecular weight is 450 g/mol. The van der Waals surface area contributed by atoms with Crippen LogP contribution in [0.4, 0.5) is 0 Å². The number of hydrogen-bond donors (Lipinski definition) is 1. The van der Waals surface area contributed by atoms with E-state index in [-0.39, 0.29) is 17.4 Å². The van der Waals surface area contributed by atoms with Crippen LogP contribution in [-0.2, 0) is 16.0 Å². The molecule has 0 aliphatic carbocycles. The number of carbonyl (C=O) groups is 2. The van der Waals surface area contributed by atoms with Crippen molar-refractivity contribution in [1.82, 2.24) is 14.8 Å². The molecular formula is C26H31N3O4. The average Bonchev–Trinajstić information content (AvgIpc) is 3.32. The number of fused-ring (bicyclic) bond motifs is 1. The van der Waals surface area contributed by atoms with Crippen molar-refractivity contribution in [3.8, 4) is 5.75 Å². The minimum absolute atomic E-state index is 0.0746. The van der Waals surface area contributed by atoms with E-state index in [1.807, 2.05) is 19.1 Å². The Bertz CT molecular complexity index is 1060. The summed E-state index contributed by atoms with van der Waals surface area (Å²) < 4.78 is 5.76. The Balaban J connectivity index is 1.71. The molecule has 7 heteroatoms. The second kappa shape index (κ2) is 9.75. The molecule has 0 bridgehead atoms. The van der Waals surface area contributed by atoms with E-state index in [4.69, 9.17) is 4.74 Å². The summed E-state index contributed by atoms with van der Waals surface area (Å²) >= 11 is 0. The summed E-state index contributed by atoms with van der Waals surface area (Å²) in [7, 11) is 0. The first-order valence-corrected chi connectivity index (χ1v) is 11.6. The predicted octanol–water partition coefficient (Wildman–Crippen LogP) is 3.56. The van der Waals surface area contributed by atoms with E-state index in [1.165, 1.54) is 0 Å². The van der Waals surface area contributed by atoms with Gasteiger partial charge in [-0.25, -0.2) is 0 Å². The molecule has 2 aliphatic rings. The van der Waals surface area contributed by atoms with Crippen LogP contribution in [-0.4, -0.2) is 63.9 Å². The van der Waals surface area contributed by atoms with Crippen LogP contribution in [0, 0.1) is 0 Å². The van der Waals surface area contributed by atoms with Crippen molar-refractivity contribution in [1.29, 1.82) is 0 Å². The second-order valence-corrected chi connectivity index (χ2v) is 8.61. The highest BCUT2D eigenvalue weighted by molar-refractivity contribution is 6.46. The number of nitrogens with zero attached hydrogens (tertiary/aromatic N) is 3. The number of ketones is 1. The molecule has 2 aromatic rings. The quantitative estimate of drug-likeness (QED) is 0.377. The zero-order valence-corrected chi connectivity index (χ0v) is 19.5. The first kappa shape index (κ1) is 23.0. The van der Waals surface area contributed by atoms with Crippen molar-refractivity contribution in [3.05, 3.63) is 65.0 Å². The van der Waals surface area contributed by atoms with Crippen LogP contribution in [0.25, 0.3) is 5.76 Å². The Hall–Kier alpha value is -3.19. The van der Waals surface area contributed by atoms with Crippen molar-refractivity contribution in [2.75, 3.05) is 26.2 Å².